The minimum atomic E-state index is -0.203. The molecule has 0 aromatic rings. The summed E-state index contributed by atoms with van der Waals surface area (Å²) in [5, 5.41) is 2.64. The Morgan fingerprint density at radius 2 is 1.67 bits per heavy atom. The topological polar surface area (TPSA) is 88.8 Å². The van der Waals surface area contributed by atoms with E-state index in [9.17, 15) is 0 Å². The van der Waals surface area contributed by atoms with Crippen LogP contribution in [0.5, 0.6) is 0 Å². The van der Waals surface area contributed by atoms with Crippen molar-refractivity contribution in [2.24, 2.45) is 21.5 Å². The first-order valence-corrected chi connectivity index (χ1v) is 3.70. The van der Waals surface area contributed by atoms with E-state index < -0.39 is 0 Å². The Labute approximate surface area is 72.9 Å². The van der Waals surface area contributed by atoms with Crippen molar-refractivity contribution in [2.75, 3.05) is 7.05 Å². The standard InChI is InChI=1S/C7H17N5/c1-7(2,3)12-6(9)11-5(8)10-4/h1-4H3,(H5,8,9,10,11,12). The molecule has 0 spiro atoms. The molecule has 0 aliphatic carbocycles. The van der Waals surface area contributed by atoms with E-state index in [1.165, 1.54) is 0 Å². The summed E-state index contributed by atoms with van der Waals surface area (Å²) in [5.41, 5.74) is 10.7. The van der Waals surface area contributed by atoms with Gasteiger partial charge in [0, 0.05) is 7.05 Å². The molecule has 0 saturated carbocycles. The molecule has 12 heavy (non-hydrogen) atoms. The maximum absolute atomic E-state index is 5.51. The first-order chi connectivity index (χ1) is 5.35. The summed E-state index contributed by atoms with van der Waals surface area (Å²) in [7, 11) is 1.58. The normalized spacial score (nSPS) is 14.7. The van der Waals surface area contributed by atoms with Gasteiger partial charge in [-0.05, 0) is 20.8 Å². The van der Waals surface area contributed by atoms with E-state index in [0.717, 1.165) is 0 Å². The van der Waals surface area contributed by atoms with E-state index in [4.69, 9.17) is 11.5 Å². The Hall–Kier alpha value is -1.26. The summed E-state index contributed by atoms with van der Waals surface area (Å²) in [6.07, 6.45) is 0. The molecule has 0 bridgehead atoms. The maximum atomic E-state index is 5.51. The molecule has 0 aromatic heterocycles. The van der Waals surface area contributed by atoms with E-state index >= 15 is 0 Å². The summed E-state index contributed by atoms with van der Waals surface area (Å²) in [4.78, 5) is 7.80. The Balaban J connectivity index is 4.22. The van der Waals surface area contributed by atoms with Gasteiger partial charge >= 0.3 is 0 Å². The van der Waals surface area contributed by atoms with Crippen LogP contribution in [0.15, 0.2) is 9.98 Å². The van der Waals surface area contributed by atoms with Gasteiger partial charge in [-0.3, -0.25) is 10.3 Å². The van der Waals surface area contributed by atoms with Gasteiger partial charge in [-0.25, -0.2) is 4.99 Å². The molecule has 0 radical (unpaired) electrons. The van der Waals surface area contributed by atoms with Crippen molar-refractivity contribution < 1.29 is 0 Å². The van der Waals surface area contributed by atoms with Crippen LogP contribution in [0, 0.1) is 0 Å². The first kappa shape index (κ1) is 10.7. The van der Waals surface area contributed by atoms with Crippen molar-refractivity contribution in [2.45, 2.75) is 26.3 Å². The van der Waals surface area contributed by atoms with Gasteiger partial charge in [0.15, 0.2) is 11.9 Å². The third-order valence-electron chi connectivity index (χ3n) is 0.953. The number of hydrogen-bond acceptors (Lipinski definition) is 2. The van der Waals surface area contributed by atoms with Crippen molar-refractivity contribution in [1.82, 2.24) is 5.32 Å². The van der Waals surface area contributed by atoms with E-state index in [1.54, 1.807) is 7.05 Å². The molecule has 5 heteroatoms. The van der Waals surface area contributed by atoms with Crippen LogP contribution in [-0.4, -0.2) is 24.5 Å². The van der Waals surface area contributed by atoms with Gasteiger partial charge in [-0.15, -0.1) is 0 Å². The smallest absolute Gasteiger partial charge is 0.195 e. The van der Waals surface area contributed by atoms with Crippen molar-refractivity contribution in [3.63, 3.8) is 0 Å². The van der Waals surface area contributed by atoms with E-state index in [-0.39, 0.29) is 17.5 Å². The van der Waals surface area contributed by atoms with Crippen molar-refractivity contribution >= 4 is 11.9 Å². The highest BCUT2D eigenvalue weighted by Gasteiger charge is 2.07. The summed E-state index contributed by atoms with van der Waals surface area (Å²) in [6.45, 7) is 5.84. The highest BCUT2D eigenvalue weighted by Crippen LogP contribution is 2.04. The lowest BCUT2D eigenvalue weighted by Gasteiger charge is -2.13. The number of nitrogens with zero attached hydrogens (tertiary/aromatic N) is 2. The van der Waals surface area contributed by atoms with E-state index in [0.29, 0.717) is 0 Å². The van der Waals surface area contributed by atoms with E-state index in [2.05, 4.69) is 15.3 Å². The quantitative estimate of drug-likeness (QED) is 0.343. The number of nitrogens with one attached hydrogen (secondary N) is 1. The molecule has 0 unspecified atom stereocenters. The lowest BCUT2D eigenvalue weighted by atomic mass is 10.1. The molecular formula is C7H17N5. The van der Waals surface area contributed by atoms with Crippen molar-refractivity contribution in [3.05, 3.63) is 0 Å². The van der Waals surface area contributed by atoms with Crippen LogP contribution in [0.25, 0.3) is 0 Å². The Morgan fingerprint density at radius 1 is 1.17 bits per heavy atom. The number of aliphatic imine (C=N–C) groups is 2. The van der Waals surface area contributed by atoms with Crippen LogP contribution < -0.4 is 16.8 Å². The maximum Gasteiger partial charge on any atom is 0.195 e. The molecular weight excluding hydrogens is 154 g/mol. The average Bonchev–Trinajstić information content (AvgIpc) is 1.82. The summed E-state index contributed by atoms with van der Waals surface area (Å²) >= 11 is 0. The number of guanidine groups is 2. The van der Waals surface area contributed by atoms with Crippen LogP contribution >= 0.6 is 0 Å². The SMILES string of the molecule is CN=C(N)NC(N)=NC(C)(C)C. The van der Waals surface area contributed by atoms with Gasteiger partial charge in [0.05, 0.1) is 5.54 Å². The van der Waals surface area contributed by atoms with Crippen LogP contribution in [0.2, 0.25) is 0 Å². The monoisotopic (exact) mass is 171 g/mol. The number of hydrogen-bond donors (Lipinski definition) is 3. The fraction of sp³-hybridized carbons (Fsp3) is 0.714. The summed E-state index contributed by atoms with van der Waals surface area (Å²) in [6, 6.07) is 0. The van der Waals surface area contributed by atoms with Gasteiger partial charge in [0.1, 0.15) is 0 Å². The van der Waals surface area contributed by atoms with Crippen molar-refractivity contribution in [1.29, 1.82) is 0 Å². The predicted molar refractivity (Wildman–Crippen MR) is 52.1 cm³/mol. The molecule has 0 heterocycles. The van der Waals surface area contributed by atoms with Crippen LogP contribution in [0.1, 0.15) is 20.8 Å². The molecule has 0 aliphatic rings. The zero-order chi connectivity index (χ0) is 9.78. The highest BCUT2D eigenvalue weighted by molar-refractivity contribution is 5.97. The van der Waals surface area contributed by atoms with Crippen LogP contribution in [-0.2, 0) is 0 Å². The fourth-order valence-electron chi connectivity index (χ4n) is 0.576. The minimum absolute atomic E-state index is 0.203. The lowest BCUT2D eigenvalue weighted by Crippen LogP contribution is -2.42. The molecule has 70 valence electrons. The van der Waals surface area contributed by atoms with Gasteiger partial charge < -0.3 is 11.5 Å². The Morgan fingerprint density at radius 3 is 2.00 bits per heavy atom. The third kappa shape index (κ3) is 5.52. The summed E-state index contributed by atoms with van der Waals surface area (Å²) in [5.74, 6) is 0.547. The molecule has 0 saturated heterocycles. The second kappa shape index (κ2) is 3.94. The zero-order valence-electron chi connectivity index (χ0n) is 8.05. The fourth-order valence-corrected chi connectivity index (χ4v) is 0.576. The second-order valence-corrected chi connectivity index (χ2v) is 3.40. The third-order valence-corrected chi connectivity index (χ3v) is 0.953. The predicted octanol–water partition coefficient (Wildman–Crippen LogP) is -0.366. The minimum Gasteiger partial charge on any atom is -0.370 e. The van der Waals surface area contributed by atoms with Crippen LogP contribution in [0.4, 0.5) is 0 Å². The highest BCUT2D eigenvalue weighted by atomic mass is 15.2. The Kier molecular flexibility index (Phi) is 3.53. The molecule has 5 nitrogen and oxygen atoms in total. The van der Waals surface area contributed by atoms with Gasteiger partial charge in [0.2, 0.25) is 0 Å². The Bertz CT molecular complexity index is 198. The lowest BCUT2D eigenvalue weighted by molar-refractivity contribution is 0.581. The molecule has 0 fully saturated rings. The number of nitrogens with two attached hydrogens (primary N) is 2. The molecule has 0 amide bonds. The largest absolute Gasteiger partial charge is 0.370 e. The number of rotatable bonds is 0. The van der Waals surface area contributed by atoms with Crippen LogP contribution in [0.3, 0.4) is 0 Å². The first-order valence-electron chi connectivity index (χ1n) is 3.70. The molecule has 0 rings (SSSR count). The summed E-state index contributed by atoms with van der Waals surface area (Å²) < 4.78 is 0. The van der Waals surface area contributed by atoms with Gasteiger partial charge in [-0.2, -0.15) is 0 Å². The molecule has 0 aromatic carbocycles. The molecule has 0 atom stereocenters. The second-order valence-electron chi connectivity index (χ2n) is 3.40. The molecule has 0 aliphatic heterocycles. The molecule has 5 N–H and O–H groups in total. The van der Waals surface area contributed by atoms with Crippen molar-refractivity contribution in [3.8, 4) is 0 Å². The zero-order valence-corrected chi connectivity index (χ0v) is 8.05. The van der Waals surface area contributed by atoms with Gasteiger partial charge in [0.25, 0.3) is 0 Å². The average molecular weight is 171 g/mol. The van der Waals surface area contributed by atoms with E-state index in [1.807, 2.05) is 20.8 Å². The van der Waals surface area contributed by atoms with Gasteiger partial charge in [-0.1, -0.05) is 0 Å².